The smallest absolute Gasteiger partial charge is 0.269 e. The summed E-state index contributed by atoms with van der Waals surface area (Å²) >= 11 is 0. The lowest BCUT2D eigenvalue weighted by Gasteiger charge is -2.24. The predicted octanol–water partition coefficient (Wildman–Crippen LogP) is 2.89. The number of carbonyl (C=O) groups is 1. The molecule has 0 radical (unpaired) electrons. The van der Waals surface area contributed by atoms with Gasteiger partial charge in [0.15, 0.2) is 5.82 Å². The summed E-state index contributed by atoms with van der Waals surface area (Å²) in [5.41, 5.74) is 0.459. The number of likely N-dealkylation sites (tertiary alicyclic amines) is 1. The highest BCUT2D eigenvalue weighted by atomic mass is 16.6. The fourth-order valence-corrected chi connectivity index (χ4v) is 3.92. The van der Waals surface area contributed by atoms with Gasteiger partial charge in [-0.25, -0.2) is 0 Å². The topological polar surface area (TPSA) is 94.2 Å². The number of nitro benzene ring substituents is 1. The first kappa shape index (κ1) is 16.7. The molecule has 1 saturated heterocycles. The Labute approximate surface area is 151 Å². The summed E-state index contributed by atoms with van der Waals surface area (Å²) in [5.74, 6) is 1.80. The largest absolute Gasteiger partial charge is 0.328 e. The molecule has 8 heteroatoms. The van der Waals surface area contributed by atoms with E-state index in [1.807, 2.05) is 4.90 Å². The Bertz CT molecular complexity index is 830. The molecule has 3 heterocycles. The Balaban J connectivity index is 1.59. The van der Waals surface area contributed by atoms with Crippen molar-refractivity contribution in [3.63, 3.8) is 0 Å². The summed E-state index contributed by atoms with van der Waals surface area (Å²) in [7, 11) is 0. The van der Waals surface area contributed by atoms with Crippen LogP contribution in [0.2, 0.25) is 0 Å². The summed E-state index contributed by atoms with van der Waals surface area (Å²) in [6, 6.07) is 5.74. The van der Waals surface area contributed by atoms with Crippen LogP contribution in [0.15, 0.2) is 24.3 Å². The lowest BCUT2D eigenvalue weighted by Crippen LogP contribution is -2.32. The van der Waals surface area contributed by atoms with E-state index in [1.165, 1.54) is 30.7 Å². The van der Waals surface area contributed by atoms with Crippen molar-refractivity contribution >= 4 is 11.6 Å². The van der Waals surface area contributed by atoms with E-state index in [0.29, 0.717) is 12.1 Å². The standard InChI is InChI=1S/C18H21N5O3/c24-18(13-7-9-14(10-8-13)23(25)26)21-12-4-5-15(21)17-20-19-16-6-2-1-3-11-22(16)17/h7-10,15H,1-6,11-12H2. The number of aryl methyl sites for hydroxylation is 1. The molecule has 1 amide bonds. The molecule has 0 N–H and O–H groups in total. The van der Waals surface area contributed by atoms with Crippen molar-refractivity contribution < 1.29 is 9.72 Å². The number of hydrogen-bond donors (Lipinski definition) is 0. The number of hydrogen-bond acceptors (Lipinski definition) is 5. The number of rotatable bonds is 3. The van der Waals surface area contributed by atoms with Crippen molar-refractivity contribution in [3.8, 4) is 0 Å². The van der Waals surface area contributed by atoms with Crippen LogP contribution in [0.25, 0.3) is 0 Å². The maximum Gasteiger partial charge on any atom is 0.269 e. The lowest BCUT2D eigenvalue weighted by molar-refractivity contribution is -0.384. The summed E-state index contributed by atoms with van der Waals surface area (Å²) in [6.45, 7) is 1.58. The molecule has 0 aliphatic carbocycles. The number of amides is 1. The molecule has 1 fully saturated rings. The SMILES string of the molecule is O=C(c1ccc([N+](=O)[O-])cc1)N1CCCC1c1nnc2n1CCCCC2. The van der Waals surface area contributed by atoms with Crippen LogP contribution in [0.3, 0.4) is 0 Å². The van der Waals surface area contributed by atoms with Crippen molar-refractivity contribution in [2.75, 3.05) is 6.54 Å². The molecular weight excluding hydrogens is 334 g/mol. The predicted molar refractivity (Wildman–Crippen MR) is 93.7 cm³/mol. The molecule has 0 spiro atoms. The van der Waals surface area contributed by atoms with Crippen molar-refractivity contribution in [2.45, 2.75) is 51.1 Å². The third-order valence-corrected chi connectivity index (χ3v) is 5.27. The van der Waals surface area contributed by atoms with Gasteiger partial charge in [0.05, 0.1) is 11.0 Å². The first-order valence-electron chi connectivity index (χ1n) is 9.12. The number of nitrogens with zero attached hydrogens (tertiary/aromatic N) is 5. The molecule has 1 unspecified atom stereocenters. The molecule has 26 heavy (non-hydrogen) atoms. The third-order valence-electron chi connectivity index (χ3n) is 5.27. The van der Waals surface area contributed by atoms with Crippen LogP contribution in [-0.2, 0) is 13.0 Å². The fraction of sp³-hybridized carbons (Fsp3) is 0.500. The van der Waals surface area contributed by atoms with Gasteiger partial charge in [0.25, 0.3) is 11.6 Å². The molecule has 2 aromatic rings. The van der Waals surface area contributed by atoms with E-state index in [2.05, 4.69) is 14.8 Å². The molecule has 2 aliphatic rings. The second-order valence-corrected chi connectivity index (χ2v) is 6.90. The van der Waals surface area contributed by atoms with E-state index in [-0.39, 0.29) is 17.6 Å². The molecule has 1 aromatic heterocycles. The van der Waals surface area contributed by atoms with E-state index in [1.54, 1.807) is 0 Å². The number of carbonyl (C=O) groups excluding carboxylic acids is 1. The van der Waals surface area contributed by atoms with Crippen LogP contribution in [0.4, 0.5) is 5.69 Å². The minimum Gasteiger partial charge on any atom is -0.328 e. The van der Waals surface area contributed by atoms with Crippen LogP contribution in [0.5, 0.6) is 0 Å². The highest BCUT2D eigenvalue weighted by molar-refractivity contribution is 5.94. The molecule has 136 valence electrons. The highest BCUT2D eigenvalue weighted by Crippen LogP contribution is 2.33. The molecule has 1 atom stereocenters. The highest BCUT2D eigenvalue weighted by Gasteiger charge is 2.35. The van der Waals surface area contributed by atoms with Gasteiger partial charge >= 0.3 is 0 Å². The van der Waals surface area contributed by atoms with Crippen molar-refractivity contribution in [2.24, 2.45) is 0 Å². The number of non-ortho nitro benzene ring substituents is 1. The van der Waals surface area contributed by atoms with E-state index in [0.717, 1.165) is 50.3 Å². The van der Waals surface area contributed by atoms with Crippen LogP contribution in [-0.4, -0.2) is 37.0 Å². The summed E-state index contributed by atoms with van der Waals surface area (Å²) in [6.07, 6.45) is 6.17. The zero-order valence-corrected chi connectivity index (χ0v) is 14.5. The number of benzene rings is 1. The lowest BCUT2D eigenvalue weighted by atomic mass is 10.1. The fourth-order valence-electron chi connectivity index (χ4n) is 3.92. The minimum absolute atomic E-state index is 0.0118. The van der Waals surface area contributed by atoms with Gasteiger partial charge in [0.2, 0.25) is 0 Å². The summed E-state index contributed by atoms with van der Waals surface area (Å²) in [4.78, 5) is 25.1. The van der Waals surface area contributed by atoms with Crippen LogP contribution < -0.4 is 0 Å². The summed E-state index contributed by atoms with van der Waals surface area (Å²) in [5, 5.41) is 19.6. The van der Waals surface area contributed by atoms with Gasteiger partial charge in [-0.2, -0.15) is 0 Å². The zero-order valence-electron chi connectivity index (χ0n) is 14.5. The van der Waals surface area contributed by atoms with E-state index < -0.39 is 4.92 Å². The van der Waals surface area contributed by atoms with Gasteiger partial charge in [0.1, 0.15) is 5.82 Å². The first-order chi connectivity index (χ1) is 12.6. The Morgan fingerprint density at radius 3 is 2.65 bits per heavy atom. The maximum absolute atomic E-state index is 13.0. The van der Waals surface area contributed by atoms with Crippen LogP contribution >= 0.6 is 0 Å². The molecule has 1 aromatic carbocycles. The second-order valence-electron chi connectivity index (χ2n) is 6.90. The average molecular weight is 355 g/mol. The Morgan fingerprint density at radius 1 is 1.08 bits per heavy atom. The molecule has 4 rings (SSSR count). The Kier molecular flexibility index (Phi) is 4.40. The second kappa shape index (κ2) is 6.86. The van der Waals surface area contributed by atoms with Crippen molar-refractivity contribution in [1.82, 2.24) is 19.7 Å². The van der Waals surface area contributed by atoms with Gasteiger partial charge in [-0.15, -0.1) is 10.2 Å². The maximum atomic E-state index is 13.0. The van der Waals surface area contributed by atoms with Crippen LogP contribution in [0, 0.1) is 10.1 Å². The third kappa shape index (κ3) is 2.95. The average Bonchev–Trinajstić information content (AvgIpc) is 3.22. The number of aromatic nitrogens is 3. The molecule has 8 nitrogen and oxygen atoms in total. The van der Waals surface area contributed by atoms with Gasteiger partial charge in [-0.1, -0.05) is 6.42 Å². The normalized spacial score (nSPS) is 19.8. The summed E-state index contributed by atoms with van der Waals surface area (Å²) < 4.78 is 2.19. The van der Waals surface area contributed by atoms with Crippen molar-refractivity contribution in [3.05, 3.63) is 51.6 Å². The molecular formula is C18H21N5O3. The molecule has 0 saturated carbocycles. The van der Waals surface area contributed by atoms with Crippen molar-refractivity contribution in [1.29, 1.82) is 0 Å². The van der Waals surface area contributed by atoms with Gasteiger partial charge in [-0.05, 0) is 37.8 Å². The molecule has 2 aliphatic heterocycles. The minimum atomic E-state index is -0.460. The van der Waals surface area contributed by atoms with Gasteiger partial charge in [-0.3, -0.25) is 14.9 Å². The monoisotopic (exact) mass is 355 g/mol. The number of nitro groups is 1. The number of fused-ring (bicyclic) bond motifs is 1. The van der Waals surface area contributed by atoms with Gasteiger partial charge in [0, 0.05) is 37.2 Å². The van der Waals surface area contributed by atoms with E-state index >= 15 is 0 Å². The van der Waals surface area contributed by atoms with E-state index in [4.69, 9.17) is 0 Å². The quantitative estimate of drug-likeness (QED) is 0.623. The van der Waals surface area contributed by atoms with E-state index in [9.17, 15) is 14.9 Å². The Morgan fingerprint density at radius 2 is 1.88 bits per heavy atom. The zero-order chi connectivity index (χ0) is 18.1. The first-order valence-corrected chi connectivity index (χ1v) is 9.12. The van der Waals surface area contributed by atoms with Crippen LogP contribution in [0.1, 0.15) is 60.2 Å². The van der Waals surface area contributed by atoms with Gasteiger partial charge < -0.3 is 9.47 Å². The Hall–Kier alpha value is -2.77. The molecule has 0 bridgehead atoms.